The van der Waals surface area contributed by atoms with Crippen molar-refractivity contribution in [1.82, 2.24) is 4.57 Å². The summed E-state index contributed by atoms with van der Waals surface area (Å²) in [5, 5.41) is 8.68. The van der Waals surface area contributed by atoms with E-state index in [0.29, 0.717) is 0 Å². The van der Waals surface area contributed by atoms with E-state index in [4.69, 9.17) is 5.11 Å². The molecule has 1 fully saturated rings. The first-order chi connectivity index (χ1) is 6.66. The zero-order chi connectivity index (χ0) is 10.1. The summed E-state index contributed by atoms with van der Waals surface area (Å²) in [6.45, 7) is 0. The third kappa shape index (κ3) is 1.97. The van der Waals surface area contributed by atoms with E-state index in [1.807, 2.05) is 17.7 Å². The van der Waals surface area contributed by atoms with Crippen molar-refractivity contribution >= 4 is 5.97 Å². The molecular formula is C11H15NO2. The fraction of sp³-hybridized carbons (Fsp3) is 0.545. The predicted octanol–water partition coefficient (Wildman–Crippen LogP) is 1.60. The van der Waals surface area contributed by atoms with E-state index < -0.39 is 5.97 Å². The van der Waals surface area contributed by atoms with Gasteiger partial charge in [-0.2, -0.15) is 0 Å². The molecule has 0 bridgehead atoms. The standard InChI is InChI=1S/C11H15NO2/c1-12-9(6-8-2-3-8)4-5-10(12)7-11(13)14/h4-5,8H,2-3,6-7H2,1H3,(H,13,14). The van der Waals surface area contributed by atoms with E-state index in [0.717, 1.165) is 18.0 Å². The molecule has 1 aromatic rings. The molecule has 1 aliphatic rings. The molecule has 1 aromatic heterocycles. The van der Waals surface area contributed by atoms with Crippen molar-refractivity contribution in [2.75, 3.05) is 0 Å². The summed E-state index contributed by atoms with van der Waals surface area (Å²) in [6, 6.07) is 3.97. The first kappa shape index (κ1) is 9.31. The fourth-order valence-corrected chi connectivity index (χ4v) is 1.76. The van der Waals surface area contributed by atoms with Crippen LogP contribution >= 0.6 is 0 Å². The average Bonchev–Trinajstić information content (AvgIpc) is 2.86. The van der Waals surface area contributed by atoms with E-state index >= 15 is 0 Å². The summed E-state index contributed by atoms with van der Waals surface area (Å²) in [4.78, 5) is 10.6. The monoisotopic (exact) mass is 193 g/mol. The van der Waals surface area contributed by atoms with Crippen molar-refractivity contribution < 1.29 is 9.90 Å². The highest BCUT2D eigenvalue weighted by Gasteiger charge is 2.23. The smallest absolute Gasteiger partial charge is 0.309 e. The number of carboxylic acids is 1. The molecule has 0 spiro atoms. The molecule has 0 unspecified atom stereocenters. The van der Waals surface area contributed by atoms with E-state index in [-0.39, 0.29) is 6.42 Å². The Morgan fingerprint density at radius 2 is 2.14 bits per heavy atom. The zero-order valence-corrected chi connectivity index (χ0v) is 8.36. The number of rotatable bonds is 4. The molecule has 0 saturated heterocycles. The van der Waals surface area contributed by atoms with Crippen LogP contribution in [0.15, 0.2) is 12.1 Å². The third-order valence-electron chi connectivity index (χ3n) is 2.86. The lowest BCUT2D eigenvalue weighted by molar-refractivity contribution is -0.136. The highest BCUT2D eigenvalue weighted by atomic mass is 16.4. The number of hydrogen-bond acceptors (Lipinski definition) is 1. The van der Waals surface area contributed by atoms with E-state index in [9.17, 15) is 4.79 Å². The highest BCUT2D eigenvalue weighted by molar-refractivity contribution is 5.69. The lowest BCUT2D eigenvalue weighted by Gasteiger charge is -2.05. The van der Waals surface area contributed by atoms with Crippen LogP contribution in [0.5, 0.6) is 0 Å². The first-order valence-electron chi connectivity index (χ1n) is 5.02. The Morgan fingerprint density at radius 1 is 1.50 bits per heavy atom. The summed E-state index contributed by atoms with van der Waals surface area (Å²) in [7, 11) is 1.95. The first-order valence-corrected chi connectivity index (χ1v) is 5.02. The van der Waals surface area contributed by atoms with Gasteiger partial charge in [-0.25, -0.2) is 0 Å². The Kier molecular flexibility index (Phi) is 2.32. The molecule has 1 saturated carbocycles. The SMILES string of the molecule is Cn1c(CC(=O)O)ccc1CC1CC1. The molecule has 1 aliphatic carbocycles. The molecule has 0 radical (unpaired) electrons. The average molecular weight is 193 g/mol. The molecule has 0 aromatic carbocycles. The third-order valence-corrected chi connectivity index (χ3v) is 2.86. The summed E-state index contributed by atoms with van der Waals surface area (Å²) in [5.41, 5.74) is 2.16. The molecule has 2 rings (SSSR count). The van der Waals surface area contributed by atoms with Crippen LogP contribution in [0.4, 0.5) is 0 Å². The van der Waals surface area contributed by atoms with Crippen molar-refractivity contribution in [2.24, 2.45) is 13.0 Å². The van der Waals surface area contributed by atoms with Crippen LogP contribution in [0.2, 0.25) is 0 Å². The Morgan fingerprint density at radius 3 is 2.71 bits per heavy atom. The Bertz CT molecular complexity index is 350. The van der Waals surface area contributed by atoms with Gasteiger partial charge in [0.1, 0.15) is 0 Å². The van der Waals surface area contributed by atoms with Crippen LogP contribution in [-0.4, -0.2) is 15.6 Å². The topological polar surface area (TPSA) is 42.2 Å². The highest BCUT2D eigenvalue weighted by Crippen LogP contribution is 2.32. The number of hydrogen-bond donors (Lipinski definition) is 1. The van der Waals surface area contributed by atoms with Gasteiger partial charge in [0.25, 0.3) is 0 Å². The normalized spacial score (nSPS) is 15.8. The number of nitrogens with zero attached hydrogens (tertiary/aromatic N) is 1. The van der Waals surface area contributed by atoms with Crippen molar-refractivity contribution in [3.8, 4) is 0 Å². The van der Waals surface area contributed by atoms with Gasteiger partial charge in [0.15, 0.2) is 0 Å². The van der Waals surface area contributed by atoms with E-state index in [1.54, 1.807) is 0 Å². The predicted molar refractivity (Wildman–Crippen MR) is 53.2 cm³/mol. The molecule has 14 heavy (non-hydrogen) atoms. The molecule has 3 heteroatoms. The summed E-state index contributed by atoms with van der Waals surface area (Å²) in [5.74, 6) is 0.0884. The van der Waals surface area contributed by atoms with Crippen molar-refractivity contribution in [3.05, 3.63) is 23.5 Å². The molecule has 3 nitrogen and oxygen atoms in total. The van der Waals surface area contributed by atoms with Gasteiger partial charge in [-0.15, -0.1) is 0 Å². The summed E-state index contributed by atoms with van der Waals surface area (Å²) in [6.07, 6.45) is 3.90. The van der Waals surface area contributed by atoms with Crippen molar-refractivity contribution in [1.29, 1.82) is 0 Å². The number of carbonyl (C=O) groups is 1. The number of carboxylic acid groups (broad SMARTS) is 1. The van der Waals surface area contributed by atoms with Crippen molar-refractivity contribution in [3.63, 3.8) is 0 Å². The van der Waals surface area contributed by atoms with Gasteiger partial charge in [0.2, 0.25) is 0 Å². The second kappa shape index (κ2) is 3.48. The quantitative estimate of drug-likeness (QED) is 0.789. The van der Waals surface area contributed by atoms with Crippen LogP contribution in [0.25, 0.3) is 0 Å². The Hall–Kier alpha value is -1.25. The maximum Gasteiger partial charge on any atom is 0.309 e. The molecule has 0 aliphatic heterocycles. The minimum Gasteiger partial charge on any atom is -0.481 e. The minimum atomic E-state index is -0.760. The van der Waals surface area contributed by atoms with Gasteiger partial charge in [0, 0.05) is 18.4 Å². The molecule has 0 amide bonds. The summed E-state index contributed by atoms with van der Waals surface area (Å²) < 4.78 is 2.02. The number of aromatic nitrogens is 1. The zero-order valence-electron chi connectivity index (χ0n) is 8.36. The van der Waals surface area contributed by atoms with Crippen LogP contribution in [0, 0.1) is 5.92 Å². The van der Waals surface area contributed by atoms with E-state index in [1.165, 1.54) is 18.5 Å². The Labute approximate surface area is 83.4 Å². The Balaban J connectivity index is 2.09. The van der Waals surface area contributed by atoms with Gasteiger partial charge in [-0.1, -0.05) is 0 Å². The molecule has 76 valence electrons. The van der Waals surface area contributed by atoms with Crippen molar-refractivity contribution in [2.45, 2.75) is 25.7 Å². The maximum atomic E-state index is 10.6. The maximum absolute atomic E-state index is 10.6. The largest absolute Gasteiger partial charge is 0.481 e. The van der Waals surface area contributed by atoms with E-state index in [2.05, 4.69) is 6.07 Å². The summed E-state index contributed by atoms with van der Waals surface area (Å²) >= 11 is 0. The lowest BCUT2D eigenvalue weighted by atomic mass is 10.2. The van der Waals surface area contributed by atoms with Crippen LogP contribution in [-0.2, 0) is 24.7 Å². The second-order valence-electron chi connectivity index (χ2n) is 4.09. The minimum absolute atomic E-state index is 0.126. The molecular weight excluding hydrogens is 178 g/mol. The van der Waals surface area contributed by atoms with Gasteiger partial charge in [-0.3, -0.25) is 4.79 Å². The molecule has 1 heterocycles. The van der Waals surface area contributed by atoms with Crippen LogP contribution in [0.1, 0.15) is 24.2 Å². The fourth-order valence-electron chi connectivity index (χ4n) is 1.76. The number of aliphatic carboxylic acids is 1. The van der Waals surface area contributed by atoms with Gasteiger partial charge < -0.3 is 9.67 Å². The second-order valence-corrected chi connectivity index (χ2v) is 4.09. The van der Waals surface area contributed by atoms with Gasteiger partial charge in [0.05, 0.1) is 6.42 Å². The molecule has 1 N–H and O–H groups in total. The van der Waals surface area contributed by atoms with Gasteiger partial charge in [-0.05, 0) is 37.3 Å². The van der Waals surface area contributed by atoms with Crippen LogP contribution in [0.3, 0.4) is 0 Å². The molecule has 0 atom stereocenters. The van der Waals surface area contributed by atoms with Crippen LogP contribution < -0.4 is 0 Å². The van der Waals surface area contributed by atoms with Gasteiger partial charge >= 0.3 is 5.97 Å². The lowest BCUT2D eigenvalue weighted by Crippen LogP contribution is -2.07.